The third-order valence-corrected chi connectivity index (χ3v) is 2.81. The lowest BCUT2D eigenvalue weighted by molar-refractivity contribution is 0.415. The summed E-state index contributed by atoms with van der Waals surface area (Å²) in [5.41, 5.74) is 6.29. The summed E-state index contributed by atoms with van der Waals surface area (Å²) in [5, 5.41) is 4.13. The van der Waals surface area contributed by atoms with Crippen LogP contribution in [0.4, 0.5) is 5.69 Å². The zero-order chi connectivity index (χ0) is 14.2. The van der Waals surface area contributed by atoms with Crippen LogP contribution in [-0.4, -0.2) is 13.3 Å². The molecule has 0 heterocycles. The van der Waals surface area contributed by atoms with E-state index < -0.39 is 0 Å². The molecule has 2 aromatic carbocycles. The van der Waals surface area contributed by atoms with Crippen LogP contribution in [0, 0.1) is 6.92 Å². The summed E-state index contributed by atoms with van der Waals surface area (Å²) in [5.74, 6) is 0.858. The normalized spacial score (nSPS) is 11.1. The number of allylic oxidation sites excluding steroid dienone is 1. The highest BCUT2D eigenvalue weighted by Gasteiger charge is 1.89. The van der Waals surface area contributed by atoms with Crippen molar-refractivity contribution in [1.82, 2.24) is 0 Å². The van der Waals surface area contributed by atoms with Gasteiger partial charge in [-0.05, 0) is 42.8 Å². The molecule has 1 N–H and O–H groups in total. The zero-order valence-electron chi connectivity index (χ0n) is 11.7. The van der Waals surface area contributed by atoms with Crippen molar-refractivity contribution in [3.05, 3.63) is 65.7 Å². The second-order valence-corrected chi connectivity index (χ2v) is 4.39. The van der Waals surface area contributed by atoms with Crippen LogP contribution in [0.5, 0.6) is 5.75 Å². The summed E-state index contributed by atoms with van der Waals surface area (Å²) in [7, 11) is 1.66. The molecule has 3 heteroatoms. The monoisotopic (exact) mass is 266 g/mol. The predicted molar refractivity (Wildman–Crippen MR) is 85.3 cm³/mol. The van der Waals surface area contributed by atoms with Crippen LogP contribution in [0.1, 0.15) is 11.1 Å². The Balaban J connectivity index is 1.85. The largest absolute Gasteiger partial charge is 0.497 e. The molecule has 0 spiro atoms. The maximum atomic E-state index is 5.11. The SMILES string of the molecule is COc1ccc(/C=C/C=N/Nc2ccc(C)cc2)cc1. The first-order chi connectivity index (χ1) is 9.78. The zero-order valence-corrected chi connectivity index (χ0v) is 11.7. The standard InChI is InChI=1S/C17H18N2O/c1-14-5-9-16(10-6-14)19-18-13-3-4-15-7-11-17(20-2)12-8-15/h3-13,19H,1-2H3/b4-3+,18-13+. The summed E-state index contributed by atoms with van der Waals surface area (Å²) >= 11 is 0. The Bertz CT molecular complexity index is 583. The van der Waals surface area contributed by atoms with Crippen LogP contribution in [0.25, 0.3) is 6.08 Å². The number of benzene rings is 2. The molecule has 20 heavy (non-hydrogen) atoms. The molecule has 0 aliphatic carbocycles. The Hall–Kier alpha value is -2.55. The van der Waals surface area contributed by atoms with Gasteiger partial charge in [0.05, 0.1) is 12.8 Å². The lowest BCUT2D eigenvalue weighted by Gasteiger charge is -1.99. The van der Waals surface area contributed by atoms with Crippen LogP contribution >= 0.6 is 0 Å². The van der Waals surface area contributed by atoms with E-state index in [9.17, 15) is 0 Å². The number of hydrogen-bond acceptors (Lipinski definition) is 3. The average molecular weight is 266 g/mol. The number of methoxy groups -OCH3 is 1. The van der Waals surface area contributed by atoms with Gasteiger partial charge < -0.3 is 4.74 Å². The molecular weight excluding hydrogens is 248 g/mol. The van der Waals surface area contributed by atoms with Gasteiger partial charge >= 0.3 is 0 Å². The molecule has 0 bridgehead atoms. The van der Waals surface area contributed by atoms with Crippen LogP contribution in [0.3, 0.4) is 0 Å². The Labute approximate surface area is 119 Å². The summed E-state index contributed by atoms with van der Waals surface area (Å²) < 4.78 is 5.11. The lowest BCUT2D eigenvalue weighted by atomic mass is 10.2. The Morgan fingerprint density at radius 1 is 1.00 bits per heavy atom. The number of ether oxygens (including phenoxy) is 1. The second-order valence-electron chi connectivity index (χ2n) is 4.39. The fraction of sp³-hybridized carbons (Fsp3) is 0.118. The maximum absolute atomic E-state index is 5.11. The minimum absolute atomic E-state index is 0.858. The fourth-order valence-electron chi connectivity index (χ4n) is 1.65. The van der Waals surface area contributed by atoms with Crippen LogP contribution in [0.15, 0.2) is 59.7 Å². The first-order valence-corrected chi connectivity index (χ1v) is 6.44. The highest BCUT2D eigenvalue weighted by molar-refractivity contribution is 5.78. The van der Waals surface area contributed by atoms with Gasteiger partial charge in [0.1, 0.15) is 5.75 Å². The van der Waals surface area contributed by atoms with E-state index >= 15 is 0 Å². The van der Waals surface area contributed by atoms with Crippen LogP contribution < -0.4 is 10.2 Å². The summed E-state index contributed by atoms with van der Waals surface area (Å²) in [6, 6.07) is 16.0. The van der Waals surface area contributed by atoms with Gasteiger partial charge in [-0.15, -0.1) is 0 Å². The molecule has 0 unspecified atom stereocenters. The quantitative estimate of drug-likeness (QED) is 0.652. The molecule has 0 saturated carbocycles. The molecule has 0 aliphatic heterocycles. The van der Waals surface area contributed by atoms with E-state index in [0.717, 1.165) is 17.0 Å². The van der Waals surface area contributed by atoms with E-state index in [2.05, 4.69) is 17.5 Å². The number of rotatable bonds is 5. The third kappa shape index (κ3) is 4.28. The molecule has 0 radical (unpaired) electrons. The molecule has 2 aromatic rings. The van der Waals surface area contributed by atoms with Crippen molar-refractivity contribution >= 4 is 18.0 Å². The first-order valence-electron chi connectivity index (χ1n) is 6.44. The predicted octanol–water partition coefficient (Wildman–Crippen LogP) is 4.11. The van der Waals surface area contributed by atoms with E-state index in [0.29, 0.717) is 0 Å². The van der Waals surface area contributed by atoms with Crippen molar-refractivity contribution in [2.75, 3.05) is 12.5 Å². The lowest BCUT2D eigenvalue weighted by Crippen LogP contribution is -1.87. The number of nitrogens with zero attached hydrogens (tertiary/aromatic N) is 1. The molecule has 0 aliphatic rings. The summed E-state index contributed by atoms with van der Waals surface area (Å²) in [6.45, 7) is 2.06. The van der Waals surface area contributed by atoms with Gasteiger partial charge in [0, 0.05) is 6.21 Å². The fourth-order valence-corrected chi connectivity index (χ4v) is 1.65. The van der Waals surface area contributed by atoms with E-state index in [1.165, 1.54) is 5.56 Å². The molecule has 0 amide bonds. The van der Waals surface area contributed by atoms with Crippen LogP contribution in [-0.2, 0) is 0 Å². The number of hydrazone groups is 1. The number of anilines is 1. The minimum atomic E-state index is 0.858. The van der Waals surface area contributed by atoms with Gasteiger partial charge in [-0.2, -0.15) is 5.10 Å². The molecule has 0 atom stereocenters. The van der Waals surface area contributed by atoms with Gasteiger partial charge in [-0.1, -0.05) is 35.9 Å². The van der Waals surface area contributed by atoms with Gasteiger partial charge in [0.25, 0.3) is 0 Å². The molecule has 102 valence electrons. The molecule has 0 saturated heterocycles. The van der Waals surface area contributed by atoms with Crippen molar-refractivity contribution in [3.8, 4) is 5.75 Å². The highest BCUT2D eigenvalue weighted by Crippen LogP contribution is 2.12. The van der Waals surface area contributed by atoms with Crippen molar-refractivity contribution in [2.45, 2.75) is 6.92 Å². The maximum Gasteiger partial charge on any atom is 0.118 e. The van der Waals surface area contributed by atoms with Crippen molar-refractivity contribution in [1.29, 1.82) is 0 Å². The number of aryl methyl sites for hydroxylation is 1. The molecule has 2 rings (SSSR count). The van der Waals surface area contributed by atoms with Crippen LogP contribution in [0.2, 0.25) is 0 Å². The smallest absolute Gasteiger partial charge is 0.118 e. The summed E-state index contributed by atoms with van der Waals surface area (Å²) in [6.07, 6.45) is 5.60. The Morgan fingerprint density at radius 2 is 1.70 bits per heavy atom. The third-order valence-electron chi connectivity index (χ3n) is 2.81. The molecular formula is C17H18N2O. The van der Waals surface area contributed by atoms with Gasteiger partial charge in [-0.25, -0.2) is 0 Å². The minimum Gasteiger partial charge on any atom is -0.497 e. The van der Waals surface area contributed by atoms with E-state index in [4.69, 9.17) is 4.74 Å². The summed E-state index contributed by atoms with van der Waals surface area (Å²) in [4.78, 5) is 0. The van der Waals surface area contributed by atoms with Crippen molar-refractivity contribution < 1.29 is 4.74 Å². The van der Waals surface area contributed by atoms with Crippen molar-refractivity contribution in [2.24, 2.45) is 5.10 Å². The topological polar surface area (TPSA) is 33.6 Å². The Morgan fingerprint density at radius 3 is 2.35 bits per heavy atom. The highest BCUT2D eigenvalue weighted by atomic mass is 16.5. The van der Waals surface area contributed by atoms with Gasteiger partial charge in [-0.3, -0.25) is 5.43 Å². The number of hydrogen-bond donors (Lipinski definition) is 1. The van der Waals surface area contributed by atoms with E-state index in [1.54, 1.807) is 13.3 Å². The molecule has 0 fully saturated rings. The molecule has 3 nitrogen and oxygen atoms in total. The van der Waals surface area contributed by atoms with Gasteiger partial charge in [0.2, 0.25) is 0 Å². The van der Waals surface area contributed by atoms with Crippen molar-refractivity contribution in [3.63, 3.8) is 0 Å². The Kier molecular flexibility index (Phi) is 4.95. The first kappa shape index (κ1) is 13.9. The second kappa shape index (κ2) is 7.14. The molecule has 0 aromatic heterocycles. The van der Waals surface area contributed by atoms with E-state index in [-0.39, 0.29) is 0 Å². The van der Waals surface area contributed by atoms with Gasteiger partial charge in [0.15, 0.2) is 0 Å². The number of nitrogens with one attached hydrogen (secondary N) is 1. The van der Waals surface area contributed by atoms with E-state index in [1.807, 2.05) is 60.7 Å². The average Bonchev–Trinajstić information content (AvgIpc) is 2.49.